The van der Waals surface area contributed by atoms with Crippen LogP contribution in [-0.4, -0.2) is 78.6 Å². The number of hydrogen-bond donors (Lipinski definition) is 6. The fourth-order valence-corrected chi connectivity index (χ4v) is 7.15. The topological polar surface area (TPSA) is 196 Å². The van der Waals surface area contributed by atoms with Gasteiger partial charge in [0.1, 0.15) is 17.5 Å². The SMILES string of the molecule is CC(C)(C)OC(=O)[C@@H](CCCCN)NC(=O)C(C)(C)c1cnc([C@@H](Cc2c[nH]c3ccccc23)NC(=O)N2CCC(n3c(=O)[nH]c4ccccc43)CC2)[nH]1.[HH]. The normalized spacial score (nSPS) is 15.3. The monoisotopic (exact) mass is 741 g/mol. The van der Waals surface area contributed by atoms with Gasteiger partial charge in [-0.15, -0.1) is 0 Å². The van der Waals surface area contributed by atoms with Crippen molar-refractivity contribution >= 4 is 39.8 Å². The number of para-hydroxylation sites is 3. The van der Waals surface area contributed by atoms with E-state index in [2.05, 4.69) is 25.6 Å². The lowest BCUT2D eigenvalue weighted by molar-refractivity contribution is -0.159. The van der Waals surface area contributed by atoms with Gasteiger partial charge in [-0.3, -0.25) is 9.36 Å². The number of imidazole rings is 2. The highest BCUT2D eigenvalue weighted by Crippen LogP contribution is 2.29. The molecule has 3 aromatic heterocycles. The van der Waals surface area contributed by atoms with Gasteiger partial charge in [-0.1, -0.05) is 30.3 Å². The Hall–Kier alpha value is -5.37. The minimum Gasteiger partial charge on any atom is -0.458 e. The number of unbranched alkanes of at least 4 members (excludes halogenated alkanes) is 1. The number of amides is 3. The maximum atomic E-state index is 13.9. The van der Waals surface area contributed by atoms with Gasteiger partial charge in [-0.2, -0.15) is 0 Å². The van der Waals surface area contributed by atoms with Gasteiger partial charge in [0.2, 0.25) is 5.91 Å². The number of aromatic amines is 3. The number of rotatable bonds is 13. The summed E-state index contributed by atoms with van der Waals surface area (Å²) >= 11 is 0. The highest BCUT2D eigenvalue weighted by Gasteiger charge is 2.37. The van der Waals surface area contributed by atoms with Crippen molar-refractivity contribution in [1.82, 2.24) is 40.0 Å². The van der Waals surface area contributed by atoms with Crippen LogP contribution in [0.5, 0.6) is 0 Å². The summed E-state index contributed by atoms with van der Waals surface area (Å²) < 4.78 is 7.44. The number of nitrogens with two attached hydrogens (primary N) is 1. The van der Waals surface area contributed by atoms with Crippen molar-refractivity contribution in [2.75, 3.05) is 19.6 Å². The number of aromatic nitrogens is 5. The van der Waals surface area contributed by atoms with Gasteiger partial charge in [-0.05, 0) is 97.0 Å². The van der Waals surface area contributed by atoms with E-state index in [1.54, 1.807) is 45.7 Å². The van der Waals surface area contributed by atoms with Gasteiger partial charge >= 0.3 is 17.7 Å². The third-order valence-electron chi connectivity index (χ3n) is 10.2. The molecule has 0 spiro atoms. The zero-order valence-corrected chi connectivity index (χ0v) is 31.8. The fraction of sp³-hybridized carbons (Fsp3) is 0.475. The number of nitrogens with zero attached hydrogens (tertiary/aromatic N) is 3. The number of hydrogen-bond acceptors (Lipinski definition) is 7. The van der Waals surface area contributed by atoms with Gasteiger partial charge in [0.05, 0.1) is 22.5 Å². The Kier molecular flexibility index (Phi) is 11.3. The number of ether oxygens (including phenoxy) is 1. The number of carbonyl (C=O) groups is 3. The van der Waals surface area contributed by atoms with Crippen molar-refractivity contribution in [2.24, 2.45) is 5.73 Å². The van der Waals surface area contributed by atoms with Crippen molar-refractivity contribution in [2.45, 2.75) is 102 Å². The number of carbonyl (C=O) groups excluding carboxylic acids is 3. The van der Waals surface area contributed by atoms with Crippen LogP contribution in [0, 0.1) is 0 Å². The third-order valence-corrected chi connectivity index (χ3v) is 10.2. The van der Waals surface area contributed by atoms with Crippen molar-refractivity contribution in [3.8, 4) is 0 Å². The van der Waals surface area contributed by atoms with E-state index in [0.717, 1.165) is 27.5 Å². The molecule has 54 heavy (non-hydrogen) atoms. The standard InChI is InChI=1S/C40H53N9O5.H2/c1-39(2,3)54-35(50)30(15-10-11-19-41)44-36(51)40(4,5)33-24-43-34(47-33)31(22-25-23-42-28-13-7-6-12-27(25)28)46-37(52)48-20-17-26(18-21-48)49-32-16-9-8-14-29(32)45-38(49)53;/h6-9,12-14,16,23-24,26,30-31,42H,10-11,15,17-22,41H2,1-5H3,(H,43,47)(H,44,51)(H,45,53)(H,46,52);1H/t30-,31-;/m1./s1. The lowest BCUT2D eigenvalue weighted by Gasteiger charge is -2.33. The first-order valence-corrected chi connectivity index (χ1v) is 18.8. The van der Waals surface area contributed by atoms with E-state index in [1.165, 1.54) is 0 Å². The number of piperidine rings is 1. The predicted molar refractivity (Wildman–Crippen MR) is 210 cm³/mol. The maximum absolute atomic E-state index is 13.9. The summed E-state index contributed by atoms with van der Waals surface area (Å²) in [7, 11) is 0. The molecule has 6 rings (SSSR count). The van der Waals surface area contributed by atoms with Crippen molar-refractivity contribution in [1.29, 1.82) is 0 Å². The Labute approximate surface area is 316 Å². The Balaban J connectivity index is 0.00000580. The first-order valence-electron chi connectivity index (χ1n) is 18.8. The van der Waals surface area contributed by atoms with Crippen LogP contribution < -0.4 is 22.1 Å². The molecule has 0 radical (unpaired) electrons. The summed E-state index contributed by atoms with van der Waals surface area (Å²) in [6, 6.07) is 14.0. The summed E-state index contributed by atoms with van der Waals surface area (Å²) in [5.41, 5.74) is 7.90. The van der Waals surface area contributed by atoms with Crippen molar-refractivity contribution in [3.63, 3.8) is 0 Å². The summed E-state index contributed by atoms with van der Waals surface area (Å²) in [6.07, 6.45) is 7.02. The molecule has 7 N–H and O–H groups in total. The molecule has 14 nitrogen and oxygen atoms in total. The van der Waals surface area contributed by atoms with Crippen LogP contribution in [-0.2, 0) is 26.2 Å². The molecule has 0 saturated carbocycles. The van der Waals surface area contributed by atoms with Gasteiger partial charge in [0.15, 0.2) is 0 Å². The molecule has 5 aromatic rings. The highest BCUT2D eigenvalue weighted by atomic mass is 16.6. The van der Waals surface area contributed by atoms with E-state index in [4.69, 9.17) is 15.5 Å². The molecule has 4 heterocycles. The molecule has 14 heteroatoms. The Morgan fingerprint density at radius 1 is 0.981 bits per heavy atom. The summed E-state index contributed by atoms with van der Waals surface area (Å²) in [6.45, 7) is 10.3. The van der Waals surface area contributed by atoms with E-state index in [0.29, 0.717) is 69.7 Å². The number of H-pyrrole nitrogens is 3. The molecule has 1 aliphatic heterocycles. The van der Waals surface area contributed by atoms with E-state index < -0.39 is 29.1 Å². The van der Waals surface area contributed by atoms with Crippen LogP contribution in [0.15, 0.2) is 65.7 Å². The smallest absolute Gasteiger partial charge is 0.329 e. The second kappa shape index (κ2) is 15.9. The molecule has 1 saturated heterocycles. The van der Waals surface area contributed by atoms with Crippen LogP contribution in [0.3, 0.4) is 0 Å². The van der Waals surface area contributed by atoms with Crippen LogP contribution >= 0.6 is 0 Å². The lowest BCUT2D eigenvalue weighted by atomic mass is 9.88. The largest absolute Gasteiger partial charge is 0.458 e. The van der Waals surface area contributed by atoms with E-state index in [9.17, 15) is 19.2 Å². The van der Waals surface area contributed by atoms with E-state index >= 15 is 0 Å². The summed E-state index contributed by atoms with van der Waals surface area (Å²) in [4.78, 5) is 69.8. The first kappa shape index (κ1) is 38.4. The minimum absolute atomic E-state index is 0. The minimum atomic E-state index is -1.11. The molecule has 2 atom stereocenters. The van der Waals surface area contributed by atoms with Gasteiger partial charge in [0, 0.05) is 56.0 Å². The molecular weight excluding hydrogens is 686 g/mol. The van der Waals surface area contributed by atoms with Gasteiger partial charge in [0.25, 0.3) is 0 Å². The molecule has 1 fully saturated rings. The predicted octanol–water partition coefficient (Wildman–Crippen LogP) is 5.34. The maximum Gasteiger partial charge on any atom is 0.329 e. The number of benzene rings is 2. The molecule has 3 amide bonds. The lowest BCUT2D eigenvalue weighted by Crippen LogP contribution is -2.50. The molecule has 2 aromatic carbocycles. The quantitative estimate of drug-likeness (QED) is 0.0692. The molecular formula is C40H55N9O5. The fourth-order valence-electron chi connectivity index (χ4n) is 7.15. The second-order valence-corrected chi connectivity index (χ2v) is 15.8. The van der Waals surface area contributed by atoms with Gasteiger partial charge < -0.3 is 41.0 Å². The van der Waals surface area contributed by atoms with Crippen LogP contribution in [0.25, 0.3) is 21.9 Å². The van der Waals surface area contributed by atoms with Crippen LogP contribution in [0.1, 0.15) is 97.3 Å². The second-order valence-electron chi connectivity index (χ2n) is 15.8. The summed E-state index contributed by atoms with van der Waals surface area (Å²) in [5.74, 6) is -0.361. The third kappa shape index (κ3) is 8.54. The zero-order chi connectivity index (χ0) is 38.6. The zero-order valence-electron chi connectivity index (χ0n) is 31.8. The Morgan fingerprint density at radius 3 is 2.41 bits per heavy atom. The van der Waals surface area contributed by atoms with Crippen molar-refractivity contribution < 1.29 is 20.5 Å². The number of esters is 1. The Bertz CT molecular complexity index is 2150. The average molecular weight is 742 g/mol. The van der Waals surface area contributed by atoms with E-state index in [-0.39, 0.29) is 25.1 Å². The van der Waals surface area contributed by atoms with Crippen LogP contribution in [0.4, 0.5) is 4.79 Å². The van der Waals surface area contributed by atoms with E-state index in [1.807, 2.05) is 59.3 Å². The van der Waals surface area contributed by atoms with Gasteiger partial charge in [-0.25, -0.2) is 19.4 Å². The summed E-state index contributed by atoms with van der Waals surface area (Å²) in [5, 5.41) is 7.19. The number of likely N-dealkylation sites (tertiary alicyclic amines) is 1. The first-order chi connectivity index (χ1) is 25.7. The highest BCUT2D eigenvalue weighted by molar-refractivity contribution is 5.91. The number of nitrogens with one attached hydrogen (secondary N) is 5. The number of fused-ring (bicyclic) bond motifs is 2. The van der Waals surface area contributed by atoms with Crippen LogP contribution in [0.2, 0.25) is 0 Å². The molecule has 0 unspecified atom stereocenters. The molecule has 0 bridgehead atoms. The average Bonchev–Trinajstić information content (AvgIpc) is 3.88. The number of urea groups is 1. The molecule has 290 valence electrons. The Morgan fingerprint density at radius 2 is 1.69 bits per heavy atom. The van der Waals surface area contributed by atoms with Crippen molar-refractivity contribution in [3.05, 3.63) is 88.5 Å². The molecule has 1 aliphatic rings. The molecule has 0 aliphatic carbocycles.